The van der Waals surface area contributed by atoms with E-state index >= 15 is 0 Å². The molecule has 3 rings (SSSR count). The van der Waals surface area contributed by atoms with Gasteiger partial charge >= 0.3 is 0 Å². The molecule has 0 unspecified atom stereocenters. The Morgan fingerprint density at radius 1 is 1.29 bits per heavy atom. The van der Waals surface area contributed by atoms with Crippen LogP contribution in [-0.4, -0.2) is 21.8 Å². The minimum atomic E-state index is 0.768. The molecule has 0 saturated heterocycles. The van der Waals surface area contributed by atoms with Gasteiger partial charge in [-0.25, -0.2) is 0 Å². The lowest BCUT2D eigenvalue weighted by Gasteiger charge is -2.10. The van der Waals surface area contributed by atoms with Gasteiger partial charge in [0.2, 0.25) is 0 Å². The van der Waals surface area contributed by atoms with Crippen molar-refractivity contribution < 1.29 is 0 Å². The fraction of sp³-hybridized carbons (Fsp3) is 0.467. The van der Waals surface area contributed by atoms with Gasteiger partial charge < -0.3 is 9.88 Å². The standard InChI is InChI=1S/C15H19ClN4S/c1-17-10-11-9-12(16)6-7-13(11)21-15-19-18-14-5-3-2-4-8-20(14)15/h6-7,9,17H,2-5,8,10H2,1H3. The summed E-state index contributed by atoms with van der Waals surface area (Å²) in [5.74, 6) is 1.12. The lowest BCUT2D eigenvalue weighted by atomic mass is 10.2. The number of benzene rings is 1. The summed E-state index contributed by atoms with van der Waals surface area (Å²) >= 11 is 7.79. The highest BCUT2D eigenvalue weighted by molar-refractivity contribution is 7.99. The van der Waals surface area contributed by atoms with Crippen LogP contribution in [0, 0.1) is 0 Å². The van der Waals surface area contributed by atoms with Gasteiger partial charge in [0, 0.05) is 29.4 Å². The van der Waals surface area contributed by atoms with Gasteiger partial charge in [0.1, 0.15) is 5.82 Å². The van der Waals surface area contributed by atoms with E-state index in [1.165, 1.54) is 29.7 Å². The highest BCUT2D eigenvalue weighted by Gasteiger charge is 2.16. The van der Waals surface area contributed by atoms with Crippen molar-refractivity contribution in [1.82, 2.24) is 20.1 Å². The minimum Gasteiger partial charge on any atom is -0.316 e. The first-order valence-corrected chi connectivity index (χ1v) is 8.50. The molecule has 0 spiro atoms. The van der Waals surface area contributed by atoms with Crippen LogP contribution in [0.5, 0.6) is 0 Å². The fourth-order valence-corrected chi connectivity index (χ4v) is 3.79. The van der Waals surface area contributed by atoms with E-state index in [2.05, 4.69) is 26.1 Å². The molecule has 1 aliphatic heterocycles. The maximum atomic E-state index is 6.10. The van der Waals surface area contributed by atoms with Gasteiger partial charge in [-0.3, -0.25) is 0 Å². The lowest BCUT2D eigenvalue weighted by Crippen LogP contribution is -2.07. The molecule has 21 heavy (non-hydrogen) atoms. The number of aryl methyl sites for hydroxylation is 1. The van der Waals surface area contributed by atoms with Gasteiger partial charge in [-0.1, -0.05) is 18.0 Å². The fourth-order valence-electron chi connectivity index (χ4n) is 2.61. The number of halogens is 1. The molecule has 0 amide bonds. The first kappa shape index (κ1) is 14.9. The van der Waals surface area contributed by atoms with Gasteiger partial charge in [-0.2, -0.15) is 0 Å². The van der Waals surface area contributed by atoms with Gasteiger partial charge in [-0.05, 0) is 55.4 Å². The summed E-state index contributed by atoms with van der Waals surface area (Å²) in [5.41, 5.74) is 1.20. The van der Waals surface area contributed by atoms with Crippen LogP contribution >= 0.6 is 23.4 Å². The van der Waals surface area contributed by atoms with Crippen molar-refractivity contribution in [2.75, 3.05) is 7.05 Å². The second kappa shape index (κ2) is 6.81. The molecular weight excluding hydrogens is 304 g/mol. The van der Waals surface area contributed by atoms with Crippen molar-refractivity contribution in [2.24, 2.45) is 0 Å². The highest BCUT2D eigenvalue weighted by Crippen LogP contribution is 2.32. The number of hydrogen-bond donors (Lipinski definition) is 1. The molecule has 2 heterocycles. The van der Waals surface area contributed by atoms with E-state index in [4.69, 9.17) is 11.6 Å². The first-order chi connectivity index (χ1) is 10.3. The summed E-state index contributed by atoms with van der Waals surface area (Å²) in [7, 11) is 1.94. The molecule has 1 aromatic heterocycles. The van der Waals surface area contributed by atoms with Crippen molar-refractivity contribution in [3.8, 4) is 0 Å². The van der Waals surface area contributed by atoms with Crippen LogP contribution < -0.4 is 5.32 Å². The van der Waals surface area contributed by atoms with Crippen molar-refractivity contribution >= 4 is 23.4 Å². The Hall–Kier alpha value is -1.04. The van der Waals surface area contributed by atoms with Crippen LogP contribution in [0.25, 0.3) is 0 Å². The number of nitrogens with one attached hydrogen (secondary N) is 1. The normalized spacial score (nSPS) is 14.8. The van der Waals surface area contributed by atoms with E-state index < -0.39 is 0 Å². The van der Waals surface area contributed by atoms with Crippen LogP contribution in [-0.2, 0) is 19.5 Å². The van der Waals surface area contributed by atoms with E-state index in [1.807, 2.05) is 19.2 Å². The maximum absolute atomic E-state index is 6.10. The SMILES string of the molecule is CNCc1cc(Cl)ccc1Sc1nnc2n1CCCCC2. The van der Waals surface area contributed by atoms with E-state index in [0.717, 1.165) is 35.5 Å². The van der Waals surface area contributed by atoms with Crippen LogP contribution in [0.2, 0.25) is 5.02 Å². The largest absolute Gasteiger partial charge is 0.316 e. The van der Waals surface area contributed by atoms with Crippen molar-refractivity contribution in [3.05, 3.63) is 34.6 Å². The van der Waals surface area contributed by atoms with Crippen LogP contribution in [0.1, 0.15) is 30.7 Å². The van der Waals surface area contributed by atoms with Gasteiger partial charge in [0.25, 0.3) is 0 Å². The van der Waals surface area contributed by atoms with Gasteiger partial charge in [0.05, 0.1) is 0 Å². The highest BCUT2D eigenvalue weighted by atomic mass is 35.5. The minimum absolute atomic E-state index is 0.768. The molecule has 112 valence electrons. The average molecular weight is 323 g/mol. The molecule has 0 atom stereocenters. The second-order valence-electron chi connectivity index (χ2n) is 5.25. The average Bonchev–Trinajstić information content (AvgIpc) is 2.70. The zero-order valence-corrected chi connectivity index (χ0v) is 13.7. The third-order valence-electron chi connectivity index (χ3n) is 3.67. The maximum Gasteiger partial charge on any atom is 0.196 e. The molecule has 1 aromatic carbocycles. The summed E-state index contributed by atoms with van der Waals surface area (Å²) in [6, 6.07) is 6.01. The first-order valence-electron chi connectivity index (χ1n) is 7.31. The molecule has 0 bridgehead atoms. The van der Waals surface area contributed by atoms with E-state index in [0.29, 0.717) is 0 Å². The Bertz CT molecular complexity index is 626. The van der Waals surface area contributed by atoms with Gasteiger partial charge in [-0.15, -0.1) is 10.2 Å². The van der Waals surface area contributed by atoms with Crippen molar-refractivity contribution in [1.29, 1.82) is 0 Å². The Kier molecular flexibility index (Phi) is 4.83. The molecular formula is C15H19ClN4S. The smallest absolute Gasteiger partial charge is 0.196 e. The molecule has 0 fully saturated rings. The second-order valence-corrected chi connectivity index (χ2v) is 6.69. The van der Waals surface area contributed by atoms with E-state index in [-0.39, 0.29) is 0 Å². The number of rotatable bonds is 4. The Labute approximate surface area is 134 Å². The van der Waals surface area contributed by atoms with E-state index in [1.54, 1.807) is 11.8 Å². The number of nitrogens with zero attached hydrogens (tertiary/aromatic N) is 3. The summed E-state index contributed by atoms with van der Waals surface area (Å²) in [5, 5.41) is 13.7. The van der Waals surface area contributed by atoms with Crippen LogP contribution in [0.3, 0.4) is 0 Å². The predicted molar refractivity (Wildman–Crippen MR) is 85.9 cm³/mol. The molecule has 2 aromatic rings. The Balaban J connectivity index is 1.88. The molecule has 1 N–H and O–H groups in total. The molecule has 4 nitrogen and oxygen atoms in total. The summed E-state index contributed by atoms with van der Waals surface area (Å²) < 4.78 is 2.27. The third kappa shape index (κ3) is 3.42. The lowest BCUT2D eigenvalue weighted by molar-refractivity contribution is 0.591. The quantitative estimate of drug-likeness (QED) is 0.935. The van der Waals surface area contributed by atoms with Crippen molar-refractivity contribution in [3.63, 3.8) is 0 Å². The van der Waals surface area contributed by atoms with Crippen molar-refractivity contribution in [2.45, 2.75) is 48.8 Å². The third-order valence-corrected chi connectivity index (χ3v) is 5.00. The van der Waals surface area contributed by atoms with E-state index in [9.17, 15) is 0 Å². The molecule has 0 saturated carbocycles. The molecule has 6 heteroatoms. The van der Waals surface area contributed by atoms with Crippen LogP contribution in [0.4, 0.5) is 0 Å². The van der Waals surface area contributed by atoms with Gasteiger partial charge in [0.15, 0.2) is 5.16 Å². The number of fused-ring (bicyclic) bond motifs is 1. The number of hydrogen-bond acceptors (Lipinski definition) is 4. The predicted octanol–water partition coefficient (Wildman–Crippen LogP) is 3.53. The molecule has 0 radical (unpaired) electrons. The molecule has 1 aliphatic rings. The summed E-state index contributed by atoms with van der Waals surface area (Å²) in [6.07, 6.45) is 4.74. The summed E-state index contributed by atoms with van der Waals surface area (Å²) in [4.78, 5) is 1.19. The monoisotopic (exact) mass is 322 g/mol. The Morgan fingerprint density at radius 3 is 3.05 bits per heavy atom. The number of aromatic nitrogens is 3. The zero-order valence-electron chi connectivity index (χ0n) is 12.1. The zero-order chi connectivity index (χ0) is 14.7. The topological polar surface area (TPSA) is 42.7 Å². The molecule has 0 aliphatic carbocycles. The summed E-state index contributed by atoms with van der Waals surface area (Å²) in [6.45, 7) is 1.82. The Morgan fingerprint density at radius 2 is 2.19 bits per heavy atom. The van der Waals surface area contributed by atoms with Crippen LogP contribution in [0.15, 0.2) is 28.3 Å².